The fourth-order valence-electron chi connectivity index (χ4n) is 7.23. The fraction of sp³-hybridized carbons (Fsp3) is 0.0217. The molecule has 7 aromatic carbocycles. The molecule has 0 spiro atoms. The van der Waals surface area contributed by atoms with E-state index in [1.807, 2.05) is 54.6 Å². The quantitative estimate of drug-likeness (QED) is 0.181. The lowest BCUT2D eigenvalue weighted by atomic mass is 9.63. The maximum absolute atomic E-state index is 6.49. The van der Waals surface area contributed by atoms with Crippen molar-refractivity contribution >= 4 is 0 Å². The average molecular weight is 642 g/mol. The first-order valence-electron chi connectivity index (χ1n) is 16.8. The van der Waals surface area contributed by atoms with Gasteiger partial charge in [-0.1, -0.05) is 176 Å². The first kappa shape index (κ1) is 29.5. The zero-order valence-corrected chi connectivity index (χ0v) is 27.1. The summed E-state index contributed by atoms with van der Waals surface area (Å²) in [5.41, 5.74) is 8.88. The Kier molecular flexibility index (Phi) is 7.33. The molecule has 0 unspecified atom stereocenters. The highest BCUT2D eigenvalue weighted by Gasteiger charge is 2.45. The van der Waals surface area contributed by atoms with Crippen LogP contribution in [-0.2, 0) is 5.41 Å². The third kappa shape index (κ3) is 4.97. The monoisotopic (exact) mass is 641 g/mol. The molecule has 4 heteroatoms. The second-order valence-electron chi connectivity index (χ2n) is 12.4. The molecule has 2 heterocycles. The van der Waals surface area contributed by atoms with Crippen molar-refractivity contribution in [3.8, 4) is 56.8 Å². The molecule has 1 aliphatic rings. The minimum absolute atomic E-state index is 0.598. The van der Waals surface area contributed by atoms with Gasteiger partial charge in [0.2, 0.25) is 0 Å². The molecule has 0 amide bonds. The van der Waals surface area contributed by atoms with Crippen LogP contribution in [0.3, 0.4) is 0 Å². The van der Waals surface area contributed by atoms with Crippen LogP contribution < -0.4 is 4.74 Å². The number of para-hydroxylation sites is 2. The van der Waals surface area contributed by atoms with Gasteiger partial charge in [0.15, 0.2) is 17.5 Å². The van der Waals surface area contributed by atoms with E-state index in [0.29, 0.717) is 17.5 Å². The summed E-state index contributed by atoms with van der Waals surface area (Å²) in [6.45, 7) is 0. The molecule has 236 valence electrons. The Bertz CT molecular complexity index is 2400. The lowest BCUT2D eigenvalue weighted by molar-refractivity contribution is 0.434. The molecular formula is C46H31N3O. The summed E-state index contributed by atoms with van der Waals surface area (Å²) in [5, 5.41) is 0. The first-order chi connectivity index (χ1) is 24.8. The van der Waals surface area contributed by atoms with Gasteiger partial charge in [0.25, 0.3) is 0 Å². The van der Waals surface area contributed by atoms with Gasteiger partial charge in [-0.25, -0.2) is 15.0 Å². The molecule has 9 rings (SSSR count). The van der Waals surface area contributed by atoms with Crippen LogP contribution in [0.2, 0.25) is 0 Å². The smallest absolute Gasteiger partial charge is 0.164 e. The summed E-state index contributed by atoms with van der Waals surface area (Å²) in [6.07, 6.45) is 0. The van der Waals surface area contributed by atoms with Crippen molar-refractivity contribution in [2.75, 3.05) is 0 Å². The minimum atomic E-state index is -0.598. The van der Waals surface area contributed by atoms with Crippen LogP contribution in [0, 0.1) is 0 Å². The van der Waals surface area contributed by atoms with E-state index in [9.17, 15) is 0 Å². The van der Waals surface area contributed by atoms with Crippen LogP contribution in [0.15, 0.2) is 188 Å². The number of hydrogen-bond donors (Lipinski definition) is 0. The number of rotatable bonds is 6. The van der Waals surface area contributed by atoms with Gasteiger partial charge in [-0.2, -0.15) is 0 Å². The Morgan fingerprint density at radius 1 is 0.320 bits per heavy atom. The Labute approximate surface area is 291 Å². The Morgan fingerprint density at radius 3 is 1.34 bits per heavy atom. The Hall–Kier alpha value is -6.65. The standard InChI is InChI=1S/C46H31N3O/c1-4-16-32(17-5-1)37-22-10-11-23-38(37)45-48-43(33-18-6-2-7-19-33)47-44(49-45)34-28-30-36(31-29-34)46(35-20-8-3-9-21-35)39-24-12-14-26-41(39)50-42-27-15-13-25-40(42)46/h1-31H. The molecule has 1 aromatic heterocycles. The van der Waals surface area contributed by atoms with Crippen molar-refractivity contribution in [1.82, 2.24) is 15.0 Å². The van der Waals surface area contributed by atoms with Crippen LogP contribution in [0.4, 0.5) is 0 Å². The van der Waals surface area contributed by atoms with Gasteiger partial charge < -0.3 is 4.74 Å². The lowest BCUT2D eigenvalue weighted by Crippen LogP contribution is -2.34. The normalized spacial score (nSPS) is 12.7. The second kappa shape index (κ2) is 12.4. The van der Waals surface area contributed by atoms with Gasteiger partial charge in [0, 0.05) is 27.8 Å². The predicted octanol–water partition coefficient (Wildman–Crippen LogP) is 11.0. The fourth-order valence-corrected chi connectivity index (χ4v) is 7.23. The van der Waals surface area contributed by atoms with Crippen molar-refractivity contribution < 1.29 is 4.74 Å². The third-order valence-electron chi connectivity index (χ3n) is 9.51. The number of aromatic nitrogens is 3. The average Bonchev–Trinajstić information content (AvgIpc) is 3.21. The van der Waals surface area contributed by atoms with Gasteiger partial charge in [-0.05, 0) is 34.4 Å². The molecule has 0 saturated carbocycles. The molecule has 1 aliphatic heterocycles. The predicted molar refractivity (Wildman–Crippen MR) is 200 cm³/mol. The van der Waals surface area contributed by atoms with Crippen LogP contribution in [0.1, 0.15) is 22.3 Å². The molecule has 0 N–H and O–H groups in total. The van der Waals surface area contributed by atoms with E-state index in [0.717, 1.165) is 56.0 Å². The van der Waals surface area contributed by atoms with Gasteiger partial charge in [0.1, 0.15) is 11.5 Å². The zero-order chi connectivity index (χ0) is 33.3. The summed E-state index contributed by atoms with van der Waals surface area (Å²) in [4.78, 5) is 15.2. The molecule has 4 nitrogen and oxygen atoms in total. The second-order valence-corrected chi connectivity index (χ2v) is 12.4. The highest BCUT2D eigenvalue weighted by atomic mass is 16.5. The third-order valence-corrected chi connectivity index (χ3v) is 9.51. The Balaban J connectivity index is 1.23. The molecule has 50 heavy (non-hydrogen) atoms. The number of ether oxygens (including phenoxy) is 1. The van der Waals surface area contributed by atoms with Crippen molar-refractivity contribution in [2.45, 2.75) is 5.41 Å². The molecule has 0 aliphatic carbocycles. The van der Waals surface area contributed by atoms with Gasteiger partial charge in [0.05, 0.1) is 5.41 Å². The molecule has 0 radical (unpaired) electrons. The zero-order valence-electron chi connectivity index (χ0n) is 27.1. The van der Waals surface area contributed by atoms with E-state index in [2.05, 4.69) is 133 Å². The topological polar surface area (TPSA) is 47.9 Å². The minimum Gasteiger partial charge on any atom is -0.457 e. The number of fused-ring (bicyclic) bond motifs is 2. The molecule has 0 fully saturated rings. The van der Waals surface area contributed by atoms with Crippen LogP contribution in [-0.4, -0.2) is 15.0 Å². The Morgan fingerprint density at radius 2 is 0.740 bits per heavy atom. The molecule has 8 aromatic rings. The van der Waals surface area contributed by atoms with Crippen molar-refractivity contribution in [3.05, 3.63) is 210 Å². The lowest BCUT2D eigenvalue weighted by Gasteiger charge is -2.41. The molecule has 0 atom stereocenters. The van der Waals surface area contributed by atoms with Gasteiger partial charge in [-0.3, -0.25) is 0 Å². The van der Waals surface area contributed by atoms with Crippen LogP contribution >= 0.6 is 0 Å². The SMILES string of the molecule is c1ccc(-c2nc(-c3ccc(C4(c5ccccc5)c5ccccc5Oc5ccccc54)cc3)nc(-c3ccccc3-c3ccccc3)n2)cc1. The molecular weight excluding hydrogens is 611 g/mol. The largest absolute Gasteiger partial charge is 0.457 e. The number of hydrogen-bond acceptors (Lipinski definition) is 4. The van der Waals surface area contributed by atoms with E-state index in [1.54, 1.807) is 0 Å². The van der Waals surface area contributed by atoms with Crippen molar-refractivity contribution in [3.63, 3.8) is 0 Å². The summed E-state index contributed by atoms with van der Waals surface area (Å²) < 4.78 is 6.49. The molecule has 0 bridgehead atoms. The van der Waals surface area contributed by atoms with E-state index >= 15 is 0 Å². The highest BCUT2D eigenvalue weighted by Crippen LogP contribution is 2.55. The number of nitrogens with zero attached hydrogens (tertiary/aromatic N) is 3. The van der Waals surface area contributed by atoms with E-state index in [4.69, 9.17) is 19.7 Å². The van der Waals surface area contributed by atoms with E-state index < -0.39 is 5.41 Å². The van der Waals surface area contributed by atoms with Crippen molar-refractivity contribution in [2.24, 2.45) is 0 Å². The maximum Gasteiger partial charge on any atom is 0.164 e. The van der Waals surface area contributed by atoms with Crippen LogP contribution in [0.25, 0.3) is 45.3 Å². The first-order valence-corrected chi connectivity index (χ1v) is 16.8. The van der Waals surface area contributed by atoms with E-state index in [-0.39, 0.29) is 0 Å². The summed E-state index contributed by atoms with van der Waals surface area (Å²) >= 11 is 0. The van der Waals surface area contributed by atoms with Crippen molar-refractivity contribution in [1.29, 1.82) is 0 Å². The summed E-state index contributed by atoms with van der Waals surface area (Å²) in [6, 6.07) is 64.9. The molecule has 0 saturated heterocycles. The van der Waals surface area contributed by atoms with Gasteiger partial charge >= 0.3 is 0 Å². The van der Waals surface area contributed by atoms with Gasteiger partial charge in [-0.15, -0.1) is 0 Å². The highest BCUT2D eigenvalue weighted by molar-refractivity contribution is 5.82. The van der Waals surface area contributed by atoms with E-state index in [1.165, 1.54) is 5.56 Å². The summed E-state index contributed by atoms with van der Waals surface area (Å²) in [5.74, 6) is 3.58. The summed E-state index contributed by atoms with van der Waals surface area (Å²) in [7, 11) is 0. The number of benzene rings is 7. The van der Waals surface area contributed by atoms with Crippen LogP contribution in [0.5, 0.6) is 11.5 Å². The maximum atomic E-state index is 6.49.